The van der Waals surface area contributed by atoms with Crippen LogP contribution in [0.15, 0.2) is 67.0 Å². The topological polar surface area (TPSA) is 70.9 Å². The lowest BCUT2D eigenvalue weighted by Gasteiger charge is -2.21. The van der Waals surface area contributed by atoms with Gasteiger partial charge in [0.25, 0.3) is 0 Å². The minimum atomic E-state index is -0.0184. The van der Waals surface area contributed by atoms with Gasteiger partial charge < -0.3 is 19.3 Å². The molecule has 3 heterocycles. The van der Waals surface area contributed by atoms with Crippen LogP contribution in [0.3, 0.4) is 0 Å². The first-order chi connectivity index (χ1) is 17.5. The number of ether oxygens (including phenoxy) is 1. The van der Waals surface area contributed by atoms with Gasteiger partial charge in [-0.15, -0.1) is 0 Å². The number of carbonyl (C=O) groups is 2. The molecule has 2 aromatic carbocycles. The summed E-state index contributed by atoms with van der Waals surface area (Å²) in [4.78, 5) is 28.1. The minimum absolute atomic E-state index is 0.0184. The van der Waals surface area contributed by atoms with E-state index in [4.69, 9.17) is 9.53 Å². The van der Waals surface area contributed by atoms with Crippen molar-refractivity contribution in [2.45, 2.75) is 20.1 Å². The number of aldehydes is 1. The standard InChI is InChI=1S/C26H31N5O2.C2H4O/c1-28(2)24-12-27-31(18-24)26(32)30-16-22-14-29(15-23(22)17-30)13-20-8-10-25(11-9-20)33-19-21-6-4-3-5-7-21;1-2-3/h3-12,18,22-23H,13-17,19H2,1-2H3;2H,1H3. The summed E-state index contributed by atoms with van der Waals surface area (Å²) in [5.41, 5.74) is 3.40. The van der Waals surface area contributed by atoms with Crippen molar-refractivity contribution >= 4 is 18.0 Å². The molecule has 2 aliphatic rings. The first-order valence-electron chi connectivity index (χ1n) is 12.4. The monoisotopic (exact) mass is 489 g/mol. The molecule has 8 heteroatoms. The van der Waals surface area contributed by atoms with Gasteiger partial charge in [0.05, 0.1) is 18.1 Å². The van der Waals surface area contributed by atoms with Gasteiger partial charge in [-0.3, -0.25) is 4.90 Å². The summed E-state index contributed by atoms with van der Waals surface area (Å²) in [6.45, 7) is 6.64. The molecule has 1 amide bonds. The van der Waals surface area contributed by atoms with Crippen LogP contribution in [0.2, 0.25) is 0 Å². The minimum Gasteiger partial charge on any atom is -0.489 e. The van der Waals surface area contributed by atoms with E-state index in [0.717, 1.165) is 50.4 Å². The molecule has 36 heavy (non-hydrogen) atoms. The highest BCUT2D eigenvalue weighted by atomic mass is 16.5. The van der Waals surface area contributed by atoms with Gasteiger partial charge in [-0.1, -0.05) is 42.5 Å². The third-order valence-electron chi connectivity index (χ3n) is 6.69. The van der Waals surface area contributed by atoms with Gasteiger partial charge in [-0.25, -0.2) is 4.79 Å². The first kappa shape index (κ1) is 25.4. The average molecular weight is 490 g/mol. The van der Waals surface area contributed by atoms with Crippen molar-refractivity contribution < 1.29 is 14.3 Å². The SMILES string of the molecule is CC=O.CN(C)c1cnn(C(=O)N2CC3CN(Cc4ccc(OCc5ccccc5)cc4)CC3C2)c1. The summed E-state index contributed by atoms with van der Waals surface area (Å²) in [5, 5.41) is 4.25. The molecule has 0 N–H and O–H groups in total. The van der Waals surface area contributed by atoms with Crippen LogP contribution < -0.4 is 9.64 Å². The predicted octanol–water partition coefficient (Wildman–Crippen LogP) is 3.77. The van der Waals surface area contributed by atoms with Gasteiger partial charge in [-0.2, -0.15) is 9.78 Å². The molecule has 2 atom stereocenters. The largest absolute Gasteiger partial charge is 0.489 e. The van der Waals surface area contributed by atoms with Crippen LogP contribution in [0.4, 0.5) is 10.5 Å². The van der Waals surface area contributed by atoms with Gasteiger partial charge in [0, 0.05) is 46.8 Å². The Morgan fingerprint density at radius 3 is 2.22 bits per heavy atom. The molecule has 190 valence electrons. The molecule has 0 aliphatic carbocycles. The van der Waals surface area contributed by atoms with Crippen LogP contribution in [0, 0.1) is 11.8 Å². The Kier molecular flexibility index (Phi) is 8.38. The molecule has 0 saturated carbocycles. The highest BCUT2D eigenvalue weighted by Gasteiger charge is 2.41. The van der Waals surface area contributed by atoms with Crippen LogP contribution in [0.1, 0.15) is 18.1 Å². The zero-order valence-electron chi connectivity index (χ0n) is 21.3. The summed E-state index contributed by atoms with van der Waals surface area (Å²) < 4.78 is 7.37. The molecule has 0 spiro atoms. The van der Waals surface area contributed by atoms with Gasteiger partial charge in [0.2, 0.25) is 0 Å². The maximum absolute atomic E-state index is 12.8. The summed E-state index contributed by atoms with van der Waals surface area (Å²) in [6.07, 6.45) is 4.28. The van der Waals surface area contributed by atoms with Crippen molar-refractivity contribution in [3.8, 4) is 5.75 Å². The number of fused-ring (bicyclic) bond motifs is 1. The molecule has 2 unspecified atom stereocenters. The normalized spacial score (nSPS) is 18.8. The van der Waals surface area contributed by atoms with Crippen molar-refractivity contribution in [3.05, 3.63) is 78.1 Å². The number of hydrogen-bond donors (Lipinski definition) is 0. The molecule has 0 radical (unpaired) electrons. The number of nitrogens with zero attached hydrogens (tertiary/aromatic N) is 5. The number of anilines is 1. The van der Waals surface area contributed by atoms with E-state index in [1.807, 2.05) is 42.1 Å². The molecular weight excluding hydrogens is 454 g/mol. The van der Waals surface area contributed by atoms with Crippen molar-refractivity contribution in [2.75, 3.05) is 45.2 Å². The third kappa shape index (κ3) is 6.31. The lowest BCUT2D eigenvalue weighted by molar-refractivity contribution is -0.106. The van der Waals surface area contributed by atoms with E-state index >= 15 is 0 Å². The molecule has 2 fully saturated rings. The molecular formula is C28H35N5O3. The fraction of sp³-hybridized carbons (Fsp3) is 0.393. The summed E-state index contributed by atoms with van der Waals surface area (Å²) in [7, 11) is 3.90. The second-order valence-corrected chi connectivity index (χ2v) is 9.59. The smallest absolute Gasteiger partial charge is 0.344 e. The average Bonchev–Trinajstić information content (AvgIpc) is 3.60. The Hall–Kier alpha value is -3.65. The van der Waals surface area contributed by atoms with Crippen LogP contribution in [0.25, 0.3) is 0 Å². The number of aromatic nitrogens is 2. The molecule has 1 aromatic heterocycles. The van der Waals surface area contributed by atoms with Gasteiger partial charge >= 0.3 is 6.03 Å². The summed E-state index contributed by atoms with van der Waals surface area (Å²) in [5.74, 6) is 1.96. The second kappa shape index (κ2) is 11.9. The van der Waals surface area contributed by atoms with Crippen molar-refractivity contribution in [2.24, 2.45) is 11.8 Å². The van der Waals surface area contributed by atoms with Gasteiger partial charge in [0.15, 0.2) is 0 Å². The maximum Gasteiger partial charge on any atom is 0.344 e. The third-order valence-corrected chi connectivity index (χ3v) is 6.69. The molecule has 0 bridgehead atoms. The molecule has 5 rings (SSSR count). The van der Waals surface area contributed by atoms with Crippen molar-refractivity contribution in [1.29, 1.82) is 0 Å². The Bertz CT molecular complexity index is 1120. The molecule has 3 aromatic rings. The van der Waals surface area contributed by atoms with E-state index in [9.17, 15) is 4.79 Å². The highest BCUT2D eigenvalue weighted by molar-refractivity contribution is 5.77. The number of likely N-dealkylation sites (tertiary alicyclic amines) is 2. The Balaban J connectivity index is 0.000000967. The van der Waals surface area contributed by atoms with E-state index in [2.05, 4.69) is 46.4 Å². The number of carbonyl (C=O) groups excluding carboxylic acids is 2. The number of rotatable bonds is 6. The highest BCUT2D eigenvalue weighted by Crippen LogP contribution is 2.32. The van der Waals surface area contributed by atoms with Crippen LogP contribution in [-0.2, 0) is 17.9 Å². The summed E-state index contributed by atoms with van der Waals surface area (Å²) in [6, 6.07) is 18.6. The van der Waals surface area contributed by atoms with Crippen molar-refractivity contribution in [3.63, 3.8) is 0 Å². The number of benzene rings is 2. The maximum atomic E-state index is 12.8. The van der Waals surface area contributed by atoms with Crippen LogP contribution in [0.5, 0.6) is 5.75 Å². The Morgan fingerprint density at radius 1 is 1.00 bits per heavy atom. The second-order valence-electron chi connectivity index (χ2n) is 9.59. The molecule has 8 nitrogen and oxygen atoms in total. The lowest BCUT2D eigenvalue weighted by atomic mass is 10.0. The first-order valence-corrected chi connectivity index (χ1v) is 12.4. The summed E-state index contributed by atoms with van der Waals surface area (Å²) >= 11 is 0. The lowest BCUT2D eigenvalue weighted by Crippen LogP contribution is -2.36. The Morgan fingerprint density at radius 2 is 1.64 bits per heavy atom. The van der Waals surface area contributed by atoms with Crippen LogP contribution >= 0.6 is 0 Å². The quantitative estimate of drug-likeness (QED) is 0.491. The molecule has 2 aliphatic heterocycles. The number of hydrogen-bond acceptors (Lipinski definition) is 6. The number of amides is 1. The van der Waals surface area contributed by atoms with E-state index in [-0.39, 0.29) is 6.03 Å². The van der Waals surface area contributed by atoms with E-state index in [1.54, 1.807) is 12.4 Å². The fourth-order valence-electron chi connectivity index (χ4n) is 4.86. The fourth-order valence-corrected chi connectivity index (χ4v) is 4.86. The molecule has 2 saturated heterocycles. The van der Waals surface area contributed by atoms with Gasteiger partial charge in [0.1, 0.15) is 18.6 Å². The van der Waals surface area contributed by atoms with E-state index in [1.165, 1.54) is 22.7 Å². The zero-order valence-corrected chi connectivity index (χ0v) is 21.3. The van der Waals surface area contributed by atoms with Crippen molar-refractivity contribution in [1.82, 2.24) is 19.6 Å². The van der Waals surface area contributed by atoms with Gasteiger partial charge in [-0.05, 0) is 42.0 Å². The van der Waals surface area contributed by atoms with E-state index in [0.29, 0.717) is 18.4 Å². The Labute approximate surface area is 213 Å². The zero-order chi connectivity index (χ0) is 25.5. The van der Waals surface area contributed by atoms with E-state index < -0.39 is 0 Å². The van der Waals surface area contributed by atoms with Crippen LogP contribution in [-0.4, -0.2) is 72.2 Å². The predicted molar refractivity (Wildman–Crippen MR) is 140 cm³/mol.